The van der Waals surface area contributed by atoms with Crippen LogP contribution in [0.1, 0.15) is 24.0 Å². The van der Waals surface area contributed by atoms with Crippen molar-refractivity contribution in [3.63, 3.8) is 0 Å². The Balaban J connectivity index is 1.27. The Morgan fingerprint density at radius 1 is 1.12 bits per heavy atom. The lowest BCUT2D eigenvalue weighted by Crippen LogP contribution is -2.38. The molecule has 2 aromatic carbocycles. The summed E-state index contributed by atoms with van der Waals surface area (Å²) in [5.74, 6) is 1.62. The van der Waals surface area contributed by atoms with Gasteiger partial charge in [-0.05, 0) is 43.1 Å². The van der Waals surface area contributed by atoms with Crippen molar-refractivity contribution in [3.05, 3.63) is 59.7 Å². The van der Waals surface area contributed by atoms with Crippen LogP contribution in [0.4, 0.5) is 0 Å². The van der Waals surface area contributed by atoms with Crippen LogP contribution >= 0.6 is 0 Å². The lowest BCUT2D eigenvalue weighted by Gasteiger charge is -2.19. The fraction of sp³-hybridized carbons (Fsp3) is 0.381. The summed E-state index contributed by atoms with van der Waals surface area (Å²) in [6, 6.07) is 16.4. The zero-order valence-electron chi connectivity index (χ0n) is 15.0. The van der Waals surface area contributed by atoms with Gasteiger partial charge in [-0.1, -0.05) is 36.4 Å². The van der Waals surface area contributed by atoms with E-state index in [1.54, 1.807) is 0 Å². The van der Waals surface area contributed by atoms with E-state index in [4.69, 9.17) is 9.47 Å². The number of hydrogen-bond acceptors (Lipinski definition) is 4. The van der Waals surface area contributed by atoms with Crippen molar-refractivity contribution in [3.8, 4) is 11.5 Å². The molecule has 26 heavy (non-hydrogen) atoms. The molecule has 1 N–H and O–H groups in total. The second-order valence-electron chi connectivity index (χ2n) is 7.28. The number of fused-ring (bicyclic) bond motifs is 1. The van der Waals surface area contributed by atoms with E-state index in [9.17, 15) is 4.79 Å². The molecular formula is C21H24N2O3. The molecule has 1 heterocycles. The molecule has 1 fully saturated rings. The summed E-state index contributed by atoms with van der Waals surface area (Å²) >= 11 is 0. The molecule has 0 saturated heterocycles. The Morgan fingerprint density at radius 3 is 2.65 bits per heavy atom. The van der Waals surface area contributed by atoms with Crippen molar-refractivity contribution in [2.24, 2.45) is 0 Å². The van der Waals surface area contributed by atoms with Crippen molar-refractivity contribution in [2.45, 2.75) is 24.8 Å². The fourth-order valence-corrected chi connectivity index (χ4v) is 3.49. The van der Waals surface area contributed by atoms with Gasteiger partial charge in [-0.3, -0.25) is 9.69 Å². The molecule has 5 nitrogen and oxygen atoms in total. The third kappa shape index (κ3) is 3.68. The van der Waals surface area contributed by atoms with E-state index < -0.39 is 0 Å². The van der Waals surface area contributed by atoms with Crippen molar-refractivity contribution in [1.82, 2.24) is 10.2 Å². The third-order valence-electron chi connectivity index (χ3n) is 5.17. The summed E-state index contributed by atoms with van der Waals surface area (Å²) in [6.45, 7) is 2.06. The van der Waals surface area contributed by atoms with Gasteiger partial charge in [0.05, 0.1) is 6.54 Å². The van der Waals surface area contributed by atoms with Crippen LogP contribution in [0.25, 0.3) is 0 Å². The average Bonchev–Trinajstić information content (AvgIpc) is 3.30. The van der Waals surface area contributed by atoms with Gasteiger partial charge >= 0.3 is 0 Å². The minimum Gasteiger partial charge on any atom is -0.454 e. The SMILES string of the molecule is CN(CC(=O)NCC1(c2ccccc2)CC1)Cc1ccc2c(c1)OCO2. The Morgan fingerprint density at radius 2 is 1.88 bits per heavy atom. The number of amides is 1. The average molecular weight is 352 g/mol. The molecule has 0 atom stereocenters. The van der Waals surface area contributed by atoms with Crippen molar-refractivity contribution >= 4 is 5.91 Å². The maximum absolute atomic E-state index is 12.3. The van der Waals surface area contributed by atoms with Gasteiger partial charge in [0.15, 0.2) is 11.5 Å². The van der Waals surface area contributed by atoms with Crippen molar-refractivity contribution < 1.29 is 14.3 Å². The maximum atomic E-state index is 12.3. The number of nitrogens with zero attached hydrogens (tertiary/aromatic N) is 1. The topological polar surface area (TPSA) is 50.8 Å². The van der Waals surface area contributed by atoms with Gasteiger partial charge in [-0.25, -0.2) is 0 Å². The quantitative estimate of drug-likeness (QED) is 0.832. The standard InChI is InChI=1S/C21H24N2O3/c1-23(12-16-7-8-18-19(11-16)26-15-25-18)13-20(24)22-14-21(9-10-21)17-5-3-2-4-6-17/h2-8,11H,9-10,12-15H2,1H3,(H,22,24). The Bertz CT molecular complexity index is 787. The van der Waals surface area contributed by atoms with Crippen LogP contribution in [0.2, 0.25) is 0 Å². The molecule has 1 amide bonds. The predicted octanol–water partition coefficient (Wildman–Crippen LogP) is 2.70. The predicted molar refractivity (Wildman–Crippen MR) is 99.3 cm³/mol. The monoisotopic (exact) mass is 352 g/mol. The number of rotatable bonds is 7. The largest absolute Gasteiger partial charge is 0.454 e. The van der Waals surface area contributed by atoms with E-state index in [0.717, 1.165) is 29.9 Å². The minimum absolute atomic E-state index is 0.0652. The first-order valence-corrected chi connectivity index (χ1v) is 9.04. The molecule has 136 valence electrons. The molecule has 0 bridgehead atoms. The number of hydrogen-bond donors (Lipinski definition) is 1. The van der Waals surface area contributed by atoms with E-state index in [1.165, 1.54) is 5.56 Å². The van der Waals surface area contributed by atoms with E-state index in [-0.39, 0.29) is 18.1 Å². The zero-order valence-corrected chi connectivity index (χ0v) is 15.0. The summed E-state index contributed by atoms with van der Waals surface area (Å²) in [5, 5.41) is 3.12. The van der Waals surface area contributed by atoms with Gasteiger partial charge in [-0.2, -0.15) is 0 Å². The first-order valence-electron chi connectivity index (χ1n) is 9.04. The van der Waals surface area contributed by atoms with Gasteiger partial charge in [0.2, 0.25) is 12.7 Å². The minimum atomic E-state index is 0.0652. The summed E-state index contributed by atoms with van der Waals surface area (Å²) in [5.41, 5.74) is 2.58. The molecule has 0 unspecified atom stereocenters. The maximum Gasteiger partial charge on any atom is 0.234 e. The molecule has 2 aliphatic rings. The van der Waals surface area contributed by atoms with Crippen molar-refractivity contribution in [1.29, 1.82) is 0 Å². The Labute approximate surface area is 153 Å². The number of benzene rings is 2. The highest BCUT2D eigenvalue weighted by Crippen LogP contribution is 2.47. The number of nitrogens with one attached hydrogen (secondary N) is 1. The highest BCUT2D eigenvalue weighted by molar-refractivity contribution is 5.78. The van der Waals surface area contributed by atoms with Gasteiger partial charge in [0.25, 0.3) is 0 Å². The second kappa shape index (κ2) is 7.00. The smallest absolute Gasteiger partial charge is 0.234 e. The van der Waals surface area contributed by atoms with Crippen LogP contribution in [0.5, 0.6) is 11.5 Å². The molecule has 1 aliphatic heterocycles. The summed E-state index contributed by atoms with van der Waals surface area (Å²) in [6.07, 6.45) is 2.29. The first-order chi connectivity index (χ1) is 12.6. The summed E-state index contributed by atoms with van der Waals surface area (Å²) in [4.78, 5) is 14.3. The zero-order chi connectivity index (χ0) is 18.0. The van der Waals surface area contributed by atoms with E-state index in [2.05, 4.69) is 29.6 Å². The summed E-state index contributed by atoms with van der Waals surface area (Å²) in [7, 11) is 1.95. The molecule has 2 aromatic rings. The van der Waals surface area contributed by atoms with Crippen LogP contribution in [0.15, 0.2) is 48.5 Å². The number of carbonyl (C=O) groups excluding carboxylic acids is 1. The number of carbonyl (C=O) groups is 1. The fourth-order valence-electron chi connectivity index (χ4n) is 3.49. The van der Waals surface area contributed by atoms with Gasteiger partial charge in [-0.15, -0.1) is 0 Å². The molecule has 1 saturated carbocycles. The second-order valence-corrected chi connectivity index (χ2v) is 7.28. The number of ether oxygens (including phenoxy) is 2. The molecule has 0 spiro atoms. The van der Waals surface area contributed by atoms with E-state index in [1.807, 2.05) is 36.2 Å². The van der Waals surface area contributed by atoms with Crippen LogP contribution in [-0.4, -0.2) is 37.7 Å². The summed E-state index contributed by atoms with van der Waals surface area (Å²) < 4.78 is 10.7. The highest BCUT2D eigenvalue weighted by atomic mass is 16.7. The molecule has 4 rings (SSSR count). The van der Waals surface area contributed by atoms with E-state index in [0.29, 0.717) is 19.6 Å². The van der Waals surface area contributed by atoms with Crippen LogP contribution in [0.3, 0.4) is 0 Å². The molecule has 0 radical (unpaired) electrons. The molecular weight excluding hydrogens is 328 g/mol. The highest BCUT2D eigenvalue weighted by Gasteiger charge is 2.44. The van der Waals surface area contributed by atoms with Crippen molar-refractivity contribution in [2.75, 3.05) is 26.9 Å². The van der Waals surface area contributed by atoms with Gasteiger partial charge in [0, 0.05) is 18.5 Å². The first kappa shape index (κ1) is 16.9. The Kier molecular flexibility index (Phi) is 4.55. The van der Waals surface area contributed by atoms with E-state index >= 15 is 0 Å². The van der Waals surface area contributed by atoms with Crippen LogP contribution < -0.4 is 14.8 Å². The molecule has 0 aromatic heterocycles. The van der Waals surface area contributed by atoms with Gasteiger partial charge in [0.1, 0.15) is 0 Å². The van der Waals surface area contributed by atoms with Crippen LogP contribution in [0, 0.1) is 0 Å². The molecule has 1 aliphatic carbocycles. The number of likely N-dealkylation sites (N-methyl/N-ethyl adjacent to an activating group) is 1. The van der Waals surface area contributed by atoms with Crippen LogP contribution in [-0.2, 0) is 16.8 Å². The lowest BCUT2D eigenvalue weighted by atomic mass is 9.96. The third-order valence-corrected chi connectivity index (χ3v) is 5.17. The van der Waals surface area contributed by atoms with Gasteiger partial charge < -0.3 is 14.8 Å². The molecule has 5 heteroatoms. The normalized spacial score (nSPS) is 16.5. The Hall–Kier alpha value is -2.53. The lowest BCUT2D eigenvalue weighted by molar-refractivity contribution is -0.122.